The normalized spacial score (nSPS) is 34.9. The van der Waals surface area contributed by atoms with E-state index in [1.54, 1.807) is 12.5 Å². The molecule has 2 aliphatic rings. The van der Waals surface area contributed by atoms with E-state index in [2.05, 4.69) is 20.8 Å². The molecule has 1 saturated carbocycles. The maximum Gasteiger partial charge on any atom is 0.214 e. The minimum absolute atomic E-state index is 0.0289. The fourth-order valence-corrected chi connectivity index (χ4v) is 4.69. The Morgan fingerprint density at radius 3 is 2.71 bits per heavy atom. The van der Waals surface area contributed by atoms with Crippen LogP contribution < -0.4 is 0 Å². The van der Waals surface area contributed by atoms with Gasteiger partial charge in [0.15, 0.2) is 11.5 Å². The molecular formula is C20H28O4. The summed E-state index contributed by atoms with van der Waals surface area (Å²) in [6, 6.07) is 1.90. The van der Waals surface area contributed by atoms with E-state index in [0.29, 0.717) is 18.6 Å². The van der Waals surface area contributed by atoms with Gasteiger partial charge in [-0.15, -0.1) is 0 Å². The van der Waals surface area contributed by atoms with Crippen molar-refractivity contribution in [3.05, 3.63) is 36.0 Å². The lowest BCUT2D eigenvalue weighted by Crippen LogP contribution is -2.60. The number of Topliss-reactive ketones (excluding diaryl/α,β-unsaturated/α-hetero) is 1. The monoisotopic (exact) mass is 332 g/mol. The van der Waals surface area contributed by atoms with E-state index in [4.69, 9.17) is 9.15 Å². The van der Waals surface area contributed by atoms with Gasteiger partial charge in [0, 0.05) is 18.8 Å². The summed E-state index contributed by atoms with van der Waals surface area (Å²) in [6.45, 7) is 8.07. The fraction of sp³-hybridized carbons (Fsp3) is 0.650. The van der Waals surface area contributed by atoms with Crippen LogP contribution in [0.2, 0.25) is 0 Å². The lowest BCUT2D eigenvalue weighted by Gasteiger charge is -2.58. The minimum Gasteiger partial charge on any atom is -0.472 e. The fourth-order valence-electron chi connectivity index (χ4n) is 4.69. The van der Waals surface area contributed by atoms with Crippen LogP contribution in [-0.4, -0.2) is 16.7 Å². The molecule has 0 aromatic carbocycles. The summed E-state index contributed by atoms with van der Waals surface area (Å²) in [6.07, 6.45) is 9.43. The molecule has 0 spiro atoms. The van der Waals surface area contributed by atoms with E-state index in [1.807, 2.05) is 12.1 Å². The molecule has 2 heterocycles. The highest BCUT2D eigenvalue weighted by molar-refractivity contribution is 5.91. The van der Waals surface area contributed by atoms with Crippen molar-refractivity contribution in [3.8, 4) is 0 Å². The highest BCUT2D eigenvalue weighted by Crippen LogP contribution is 2.60. The zero-order valence-corrected chi connectivity index (χ0v) is 15.1. The van der Waals surface area contributed by atoms with Crippen LogP contribution in [0.1, 0.15) is 58.9 Å². The number of hydrogen-bond acceptors (Lipinski definition) is 4. The average molecular weight is 332 g/mol. The quantitative estimate of drug-likeness (QED) is 0.896. The van der Waals surface area contributed by atoms with Crippen molar-refractivity contribution < 1.29 is 19.1 Å². The predicted octanol–water partition coefficient (Wildman–Crippen LogP) is 4.24. The number of carbonyl (C=O) groups excluding carboxylic acids is 1. The van der Waals surface area contributed by atoms with Crippen LogP contribution in [0, 0.1) is 16.7 Å². The molecule has 1 fully saturated rings. The molecule has 3 rings (SSSR count). The Morgan fingerprint density at radius 2 is 2.08 bits per heavy atom. The zero-order valence-electron chi connectivity index (χ0n) is 15.1. The van der Waals surface area contributed by atoms with Crippen molar-refractivity contribution in [2.75, 3.05) is 0 Å². The van der Waals surface area contributed by atoms with Crippen LogP contribution in [-0.2, 0) is 16.0 Å². The van der Waals surface area contributed by atoms with Crippen LogP contribution in [0.15, 0.2) is 34.8 Å². The molecule has 0 amide bonds. The number of ketones is 1. The Bertz CT molecular complexity index is 643. The molecule has 0 radical (unpaired) electrons. The number of fused-ring (bicyclic) bond motifs is 1. The SMILES string of the molecule is CC(=O)C1=C[C@H]2C(C)(C)CCC[C@]2(C)[C@@](O)(CCc2ccoc2)O1. The molecule has 3 atom stereocenters. The standard InChI is InChI=1S/C20H28O4/c1-14(21)16-12-17-18(2,3)8-5-9-19(17,4)20(22,24-16)10-6-15-7-11-23-13-15/h7,11-13,17,22H,5-6,8-10H2,1-4H3/t17-,19-,20+/m0/s1. The number of allylic oxidation sites excluding steroid dienone is 2. The first kappa shape index (κ1) is 17.3. The van der Waals surface area contributed by atoms with Gasteiger partial charge in [-0.3, -0.25) is 4.79 Å². The van der Waals surface area contributed by atoms with E-state index in [9.17, 15) is 9.90 Å². The molecule has 0 saturated heterocycles. The third-order valence-electron chi connectivity index (χ3n) is 6.21. The van der Waals surface area contributed by atoms with Gasteiger partial charge in [0.1, 0.15) is 0 Å². The first-order chi connectivity index (χ1) is 11.2. The summed E-state index contributed by atoms with van der Waals surface area (Å²) in [5.74, 6) is -1.05. The molecule has 1 aromatic rings. The molecule has 0 bridgehead atoms. The Kier molecular flexibility index (Phi) is 4.15. The van der Waals surface area contributed by atoms with Crippen LogP contribution in [0.5, 0.6) is 0 Å². The molecule has 0 unspecified atom stereocenters. The second-order valence-electron chi connectivity index (χ2n) is 8.34. The van der Waals surface area contributed by atoms with E-state index < -0.39 is 11.2 Å². The van der Waals surface area contributed by atoms with Crippen LogP contribution >= 0.6 is 0 Å². The number of hydrogen-bond donors (Lipinski definition) is 1. The van der Waals surface area contributed by atoms with E-state index in [1.165, 1.54) is 6.92 Å². The number of furan rings is 1. The van der Waals surface area contributed by atoms with Gasteiger partial charge in [-0.25, -0.2) is 0 Å². The van der Waals surface area contributed by atoms with Gasteiger partial charge in [0.25, 0.3) is 0 Å². The van der Waals surface area contributed by atoms with Crippen molar-refractivity contribution in [3.63, 3.8) is 0 Å². The van der Waals surface area contributed by atoms with Gasteiger partial charge in [-0.2, -0.15) is 0 Å². The minimum atomic E-state index is -1.34. The maximum absolute atomic E-state index is 12.0. The van der Waals surface area contributed by atoms with Gasteiger partial charge in [-0.1, -0.05) is 27.2 Å². The Morgan fingerprint density at radius 1 is 1.33 bits per heavy atom. The van der Waals surface area contributed by atoms with E-state index >= 15 is 0 Å². The Balaban J connectivity index is 1.97. The molecule has 1 aliphatic carbocycles. The average Bonchev–Trinajstić information content (AvgIpc) is 3.00. The second-order valence-corrected chi connectivity index (χ2v) is 8.34. The molecule has 4 nitrogen and oxygen atoms in total. The summed E-state index contributed by atoms with van der Waals surface area (Å²) in [7, 11) is 0. The number of rotatable bonds is 4. The van der Waals surface area contributed by atoms with Crippen molar-refractivity contribution in [2.24, 2.45) is 16.7 Å². The van der Waals surface area contributed by atoms with Gasteiger partial charge in [0.05, 0.1) is 12.5 Å². The Labute approximate surface area is 143 Å². The van der Waals surface area contributed by atoms with Crippen LogP contribution in [0.25, 0.3) is 0 Å². The van der Waals surface area contributed by atoms with Crippen molar-refractivity contribution in [2.45, 2.75) is 65.6 Å². The number of ether oxygens (including phenoxy) is 1. The first-order valence-electron chi connectivity index (χ1n) is 8.83. The number of aliphatic hydroxyl groups is 1. The van der Waals surface area contributed by atoms with Crippen molar-refractivity contribution >= 4 is 5.78 Å². The van der Waals surface area contributed by atoms with Crippen molar-refractivity contribution in [1.82, 2.24) is 0 Å². The van der Waals surface area contributed by atoms with E-state index in [-0.39, 0.29) is 17.1 Å². The highest BCUT2D eigenvalue weighted by atomic mass is 16.6. The largest absolute Gasteiger partial charge is 0.472 e. The lowest BCUT2D eigenvalue weighted by molar-refractivity contribution is -0.291. The molecule has 1 aromatic heterocycles. The summed E-state index contributed by atoms with van der Waals surface area (Å²) in [4.78, 5) is 12.0. The smallest absolute Gasteiger partial charge is 0.214 e. The predicted molar refractivity (Wildman–Crippen MR) is 91.1 cm³/mol. The zero-order chi connectivity index (χ0) is 17.6. The highest BCUT2D eigenvalue weighted by Gasteiger charge is 2.60. The maximum atomic E-state index is 12.0. The Hall–Kier alpha value is -1.55. The topological polar surface area (TPSA) is 59.7 Å². The molecule has 24 heavy (non-hydrogen) atoms. The molecule has 132 valence electrons. The third kappa shape index (κ3) is 2.71. The second kappa shape index (κ2) is 5.76. The van der Waals surface area contributed by atoms with Gasteiger partial charge in [-0.05, 0) is 48.3 Å². The molecular weight excluding hydrogens is 304 g/mol. The first-order valence-corrected chi connectivity index (χ1v) is 8.83. The van der Waals surface area contributed by atoms with Gasteiger partial charge in [0.2, 0.25) is 5.79 Å². The summed E-state index contributed by atoms with van der Waals surface area (Å²) in [5, 5.41) is 11.5. The van der Waals surface area contributed by atoms with Gasteiger partial charge >= 0.3 is 0 Å². The number of aryl methyl sites for hydroxylation is 1. The summed E-state index contributed by atoms with van der Waals surface area (Å²) < 4.78 is 11.1. The molecule has 1 N–H and O–H groups in total. The summed E-state index contributed by atoms with van der Waals surface area (Å²) in [5.41, 5.74) is 0.652. The van der Waals surface area contributed by atoms with Gasteiger partial charge < -0.3 is 14.3 Å². The summed E-state index contributed by atoms with van der Waals surface area (Å²) >= 11 is 0. The third-order valence-corrected chi connectivity index (χ3v) is 6.21. The van der Waals surface area contributed by atoms with Crippen LogP contribution in [0.4, 0.5) is 0 Å². The van der Waals surface area contributed by atoms with Crippen molar-refractivity contribution in [1.29, 1.82) is 0 Å². The van der Waals surface area contributed by atoms with Crippen LogP contribution in [0.3, 0.4) is 0 Å². The number of carbonyl (C=O) groups is 1. The molecule has 4 heteroatoms. The van der Waals surface area contributed by atoms with E-state index in [0.717, 1.165) is 24.8 Å². The lowest BCUT2D eigenvalue weighted by atomic mass is 9.52. The molecule has 1 aliphatic heterocycles.